The molecule has 0 spiro atoms. The number of benzene rings is 2. The van der Waals surface area contributed by atoms with Gasteiger partial charge in [0.2, 0.25) is 5.91 Å². The Morgan fingerprint density at radius 1 is 1.11 bits per heavy atom. The number of carbonyl (C=O) groups excluding carboxylic acids is 2. The third-order valence-corrected chi connectivity index (χ3v) is 4.06. The smallest absolute Gasteiger partial charge is 0.316 e. The molecule has 2 aromatic rings. The molecule has 0 saturated heterocycles. The number of carbonyl (C=O) groups is 2. The summed E-state index contributed by atoms with van der Waals surface area (Å²) in [5, 5.41) is 10.7. The van der Waals surface area contributed by atoms with Gasteiger partial charge in [-0.1, -0.05) is 36.9 Å². The lowest BCUT2D eigenvalue weighted by atomic mass is 9.97. The summed E-state index contributed by atoms with van der Waals surface area (Å²) in [7, 11) is 1.59. The fourth-order valence-corrected chi connectivity index (χ4v) is 2.37. The van der Waals surface area contributed by atoms with Crippen LogP contribution in [0, 0.1) is 5.41 Å². The van der Waals surface area contributed by atoms with Crippen LogP contribution in [-0.4, -0.2) is 24.0 Å². The molecule has 0 heterocycles. The second kappa shape index (κ2) is 8.18. The van der Waals surface area contributed by atoms with Crippen molar-refractivity contribution in [2.75, 3.05) is 11.9 Å². The Kier molecular flexibility index (Phi) is 6.18. The number of aliphatic hydroxyl groups is 1. The summed E-state index contributed by atoms with van der Waals surface area (Å²) < 4.78 is 5.50. The minimum atomic E-state index is -0.925. The Labute approximate surface area is 159 Å². The number of rotatable bonds is 5. The number of amides is 1. The maximum atomic E-state index is 12.3. The van der Waals surface area contributed by atoms with Crippen molar-refractivity contribution in [3.63, 3.8) is 0 Å². The molecule has 0 fully saturated rings. The number of hydrogen-bond donors (Lipinski definition) is 1. The number of anilines is 1. The van der Waals surface area contributed by atoms with E-state index in [9.17, 15) is 14.7 Å². The highest BCUT2D eigenvalue weighted by molar-refractivity contribution is 6.00. The van der Waals surface area contributed by atoms with Crippen molar-refractivity contribution in [3.8, 4) is 5.75 Å². The highest BCUT2D eigenvalue weighted by Crippen LogP contribution is 2.31. The lowest BCUT2D eigenvalue weighted by Crippen LogP contribution is -2.26. The zero-order chi connectivity index (χ0) is 20.2. The highest BCUT2D eigenvalue weighted by atomic mass is 16.5. The Hall–Kier alpha value is -2.92. The molecule has 1 atom stereocenters. The summed E-state index contributed by atoms with van der Waals surface area (Å²) in [5.41, 5.74) is 1.01. The van der Waals surface area contributed by atoms with E-state index in [1.54, 1.807) is 58.2 Å². The van der Waals surface area contributed by atoms with Crippen molar-refractivity contribution in [3.05, 3.63) is 72.3 Å². The molecule has 2 aromatic carbocycles. The van der Waals surface area contributed by atoms with Crippen LogP contribution in [0.3, 0.4) is 0 Å². The summed E-state index contributed by atoms with van der Waals surface area (Å²) >= 11 is 0. The van der Waals surface area contributed by atoms with E-state index in [-0.39, 0.29) is 11.7 Å². The number of aliphatic hydroxyl groups excluding tert-OH is 1. The van der Waals surface area contributed by atoms with Crippen molar-refractivity contribution in [2.45, 2.75) is 26.9 Å². The van der Waals surface area contributed by atoms with Gasteiger partial charge in [0.1, 0.15) is 11.9 Å². The molecule has 5 nitrogen and oxygen atoms in total. The van der Waals surface area contributed by atoms with Gasteiger partial charge in [-0.2, -0.15) is 0 Å². The number of hydrogen-bond acceptors (Lipinski definition) is 4. The predicted octanol–water partition coefficient (Wildman–Crippen LogP) is 3.87. The summed E-state index contributed by atoms with van der Waals surface area (Å²) in [6.07, 6.45) is 0.270. The first-order chi connectivity index (χ1) is 12.6. The second-order valence-corrected chi connectivity index (χ2v) is 7.31. The average Bonchev–Trinajstić information content (AvgIpc) is 2.65. The summed E-state index contributed by atoms with van der Waals surface area (Å²) in [6, 6.07) is 14.0. The van der Waals surface area contributed by atoms with Crippen molar-refractivity contribution in [1.29, 1.82) is 0 Å². The molecular weight excluding hydrogens is 342 g/mol. The molecule has 0 aliphatic carbocycles. The molecule has 0 aromatic heterocycles. The van der Waals surface area contributed by atoms with E-state index in [4.69, 9.17) is 4.74 Å². The third kappa shape index (κ3) is 5.05. The molecular formula is C22H25NO4. The first-order valence-electron chi connectivity index (χ1n) is 8.64. The first kappa shape index (κ1) is 20.4. The Bertz CT molecular complexity index is 837. The fourth-order valence-electron chi connectivity index (χ4n) is 2.37. The lowest BCUT2D eigenvalue weighted by Gasteiger charge is -2.21. The average molecular weight is 367 g/mol. The molecule has 142 valence electrons. The molecule has 1 N–H and O–H groups in total. The van der Waals surface area contributed by atoms with Crippen LogP contribution in [-0.2, 0) is 9.59 Å². The van der Waals surface area contributed by atoms with Crippen LogP contribution in [0.5, 0.6) is 5.75 Å². The number of likely N-dealkylation sites (N-methyl/N-ethyl adjacent to an activating group) is 1. The Morgan fingerprint density at radius 3 is 2.30 bits per heavy atom. The van der Waals surface area contributed by atoms with E-state index in [1.165, 1.54) is 11.0 Å². The molecule has 5 heteroatoms. The standard InChI is InChI=1S/C22H25NO4/c1-6-19(24)23(5)17-12-16(20(25)15-10-8-7-9-11-15)13-18(14-17)27-21(26)22(2,3)4/h6-14,20,25H,1H2,2-5H3. The summed E-state index contributed by atoms with van der Waals surface area (Å²) in [5.74, 6) is -0.451. The van der Waals surface area contributed by atoms with Gasteiger partial charge in [0, 0.05) is 18.8 Å². The van der Waals surface area contributed by atoms with Crippen molar-refractivity contribution in [2.24, 2.45) is 5.41 Å². The molecule has 0 aliphatic heterocycles. The fraction of sp³-hybridized carbons (Fsp3) is 0.273. The van der Waals surface area contributed by atoms with Gasteiger partial charge < -0.3 is 14.7 Å². The largest absolute Gasteiger partial charge is 0.426 e. The zero-order valence-electron chi connectivity index (χ0n) is 16.1. The van der Waals surface area contributed by atoms with E-state index >= 15 is 0 Å². The zero-order valence-corrected chi connectivity index (χ0v) is 16.1. The number of nitrogens with zero attached hydrogens (tertiary/aromatic N) is 1. The number of ether oxygens (including phenoxy) is 1. The highest BCUT2D eigenvalue weighted by Gasteiger charge is 2.25. The van der Waals surface area contributed by atoms with Crippen LogP contribution in [0.15, 0.2) is 61.2 Å². The van der Waals surface area contributed by atoms with Crippen molar-refractivity contribution < 1.29 is 19.4 Å². The minimum Gasteiger partial charge on any atom is -0.426 e. The minimum absolute atomic E-state index is 0.265. The van der Waals surface area contributed by atoms with E-state index < -0.39 is 17.5 Å². The van der Waals surface area contributed by atoms with Gasteiger partial charge in [0.15, 0.2) is 0 Å². The van der Waals surface area contributed by atoms with Gasteiger partial charge >= 0.3 is 5.97 Å². The SMILES string of the molecule is C=CC(=O)N(C)c1cc(OC(=O)C(C)(C)C)cc(C(O)c2ccccc2)c1. The molecule has 27 heavy (non-hydrogen) atoms. The van der Waals surface area contributed by atoms with Crippen LogP contribution >= 0.6 is 0 Å². The molecule has 0 saturated carbocycles. The van der Waals surface area contributed by atoms with E-state index in [0.29, 0.717) is 16.8 Å². The maximum absolute atomic E-state index is 12.3. The normalized spacial score (nSPS) is 12.2. The summed E-state index contributed by atoms with van der Waals surface area (Å²) in [4.78, 5) is 25.6. The van der Waals surface area contributed by atoms with E-state index in [0.717, 1.165) is 0 Å². The van der Waals surface area contributed by atoms with Crippen LogP contribution in [0.4, 0.5) is 5.69 Å². The molecule has 0 bridgehead atoms. The quantitative estimate of drug-likeness (QED) is 0.495. The molecule has 0 aliphatic rings. The molecule has 1 amide bonds. The van der Waals surface area contributed by atoms with E-state index in [2.05, 4.69) is 6.58 Å². The van der Waals surface area contributed by atoms with Gasteiger partial charge in [-0.15, -0.1) is 0 Å². The van der Waals surface area contributed by atoms with Crippen LogP contribution in [0.2, 0.25) is 0 Å². The maximum Gasteiger partial charge on any atom is 0.316 e. The van der Waals surface area contributed by atoms with Crippen molar-refractivity contribution in [1.82, 2.24) is 0 Å². The summed E-state index contributed by atoms with van der Waals surface area (Å²) in [6.45, 7) is 8.76. The molecule has 1 unspecified atom stereocenters. The van der Waals surface area contributed by atoms with E-state index in [1.807, 2.05) is 18.2 Å². The Balaban J connectivity index is 2.49. The Morgan fingerprint density at radius 2 is 1.74 bits per heavy atom. The van der Waals surface area contributed by atoms with Gasteiger partial charge in [0.05, 0.1) is 5.41 Å². The van der Waals surface area contributed by atoms with Gasteiger partial charge in [-0.3, -0.25) is 9.59 Å². The van der Waals surface area contributed by atoms with Crippen LogP contribution in [0.25, 0.3) is 0 Å². The van der Waals surface area contributed by atoms with Crippen molar-refractivity contribution >= 4 is 17.6 Å². The van der Waals surface area contributed by atoms with Crippen LogP contribution < -0.4 is 9.64 Å². The van der Waals surface area contributed by atoms with Gasteiger partial charge in [0.25, 0.3) is 0 Å². The lowest BCUT2D eigenvalue weighted by molar-refractivity contribution is -0.143. The molecule has 2 rings (SSSR count). The monoisotopic (exact) mass is 367 g/mol. The third-order valence-electron chi connectivity index (χ3n) is 4.06. The van der Waals surface area contributed by atoms with Crippen LogP contribution in [0.1, 0.15) is 38.0 Å². The topological polar surface area (TPSA) is 66.8 Å². The van der Waals surface area contributed by atoms with Gasteiger partial charge in [-0.05, 0) is 50.1 Å². The first-order valence-corrected chi connectivity index (χ1v) is 8.64. The second-order valence-electron chi connectivity index (χ2n) is 7.31. The number of esters is 1. The predicted molar refractivity (Wildman–Crippen MR) is 106 cm³/mol. The van der Waals surface area contributed by atoms with Gasteiger partial charge in [-0.25, -0.2) is 0 Å². The molecule has 0 radical (unpaired) electrons.